The molecule has 4 N–H and O–H groups in total. The molecule has 1 unspecified atom stereocenters. The number of nitrogens with zero attached hydrogens (tertiary/aromatic N) is 4. The van der Waals surface area contributed by atoms with Crippen molar-refractivity contribution in [3.8, 4) is 0 Å². The lowest BCUT2D eigenvalue weighted by atomic mass is 9.99. The molecule has 1 aromatic rings. The van der Waals surface area contributed by atoms with Crippen molar-refractivity contribution in [2.24, 2.45) is 5.73 Å². The summed E-state index contributed by atoms with van der Waals surface area (Å²) in [6, 6.07) is 0. The lowest BCUT2D eigenvalue weighted by Crippen LogP contribution is -2.78. The number of carbonyl (C=O) groups excluding carboxylic acids is 1. The molecule has 1 saturated heterocycles. The Hall–Kier alpha value is -1.63. The number of hydrogen-bond acceptors (Lipinski definition) is 9. The number of amides is 1. The van der Waals surface area contributed by atoms with Gasteiger partial charge in [0.2, 0.25) is 10.9 Å². The van der Waals surface area contributed by atoms with E-state index in [4.69, 9.17) is 10.5 Å². The van der Waals surface area contributed by atoms with Gasteiger partial charge in [0, 0.05) is 18.1 Å². The van der Waals surface area contributed by atoms with Gasteiger partial charge in [-0.3, -0.25) is 15.4 Å². The molecule has 1 amide bonds. The SMILES string of the molecule is CO[C@@]1(N)C(=O)N2C(C(=O)O)=C(C(C)Sc3nnn[nH]3)CS[C@H]21. The van der Waals surface area contributed by atoms with Crippen molar-refractivity contribution in [2.45, 2.75) is 28.4 Å². The van der Waals surface area contributed by atoms with Crippen LogP contribution in [0.2, 0.25) is 0 Å². The minimum Gasteiger partial charge on any atom is -0.477 e. The molecule has 10 nitrogen and oxygen atoms in total. The molecule has 3 atom stereocenters. The van der Waals surface area contributed by atoms with E-state index < -0.39 is 23.0 Å². The number of aliphatic carboxylic acids is 1. The van der Waals surface area contributed by atoms with Crippen LogP contribution in [0.3, 0.4) is 0 Å². The highest BCUT2D eigenvalue weighted by Gasteiger charge is 2.63. The topological polar surface area (TPSA) is 147 Å². The number of aromatic nitrogens is 4. The standard InChI is InChI=1S/C11H14N6O4S2/c1-4(23-10-13-15-16-14-10)5-3-22-9-11(12,21-2)8(20)17(9)6(5)7(18)19/h4,9H,3,12H2,1-2H3,(H,18,19)(H,13,14,15,16)/t4?,9-,11-/m0/s1. The molecule has 3 heterocycles. The van der Waals surface area contributed by atoms with Crippen LogP contribution in [0, 0.1) is 0 Å². The number of carboxylic acids is 1. The van der Waals surface area contributed by atoms with Gasteiger partial charge in [0.1, 0.15) is 11.1 Å². The number of thioether (sulfide) groups is 2. The molecule has 0 aliphatic carbocycles. The molecule has 124 valence electrons. The highest BCUT2D eigenvalue weighted by Crippen LogP contribution is 2.47. The smallest absolute Gasteiger partial charge is 0.352 e. The Bertz CT molecular complexity index is 680. The van der Waals surface area contributed by atoms with Gasteiger partial charge >= 0.3 is 5.97 Å². The fourth-order valence-corrected chi connectivity index (χ4v) is 4.99. The van der Waals surface area contributed by atoms with Gasteiger partial charge in [-0.25, -0.2) is 9.89 Å². The summed E-state index contributed by atoms with van der Waals surface area (Å²) in [5.74, 6) is -1.29. The van der Waals surface area contributed by atoms with E-state index in [0.29, 0.717) is 16.5 Å². The molecule has 0 radical (unpaired) electrons. The first-order valence-electron chi connectivity index (χ1n) is 6.56. The minimum atomic E-state index is -1.47. The van der Waals surface area contributed by atoms with Crippen LogP contribution in [-0.4, -0.2) is 71.7 Å². The van der Waals surface area contributed by atoms with Crippen LogP contribution in [0.25, 0.3) is 0 Å². The minimum absolute atomic E-state index is 0.0376. The lowest BCUT2D eigenvalue weighted by molar-refractivity contribution is -0.182. The van der Waals surface area contributed by atoms with Crippen molar-refractivity contribution in [1.82, 2.24) is 25.5 Å². The van der Waals surface area contributed by atoms with Crippen LogP contribution in [0.15, 0.2) is 16.4 Å². The zero-order valence-corrected chi connectivity index (χ0v) is 13.8. The predicted octanol–water partition coefficient (Wildman–Crippen LogP) is -0.764. The molecule has 0 spiro atoms. The number of aromatic amines is 1. The number of methoxy groups -OCH3 is 1. The molecule has 0 saturated carbocycles. The number of carbonyl (C=O) groups is 2. The number of hydrogen-bond donors (Lipinski definition) is 3. The summed E-state index contributed by atoms with van der Waals surface area (Å²) in [5, 5.41) is 22.6. The van der Waals surface area contributed by atoms with Crippen molar-refractivity contribution in [3.63, 3.8) is 0 Å². The van der Waals surface area contributed by atoms with Crippen LogP contribution in [0.1, 0.15) is 6.92 Å². The Balaban J connectivity index is 1.92. The monoisotopic (exact) mass is 358 g/mol. The second kappa shape index (κ2) is 5.78. The molecule has 3 rings (SSSR count). The zero-order valence-electron chi connectivity index (χ0n) is 12.2. The number of β-lactam (4-membered cyclic amide) rings is 1. The molecule has 12 heteroatoms. The van der Waals surface area contributed by atoms with Gasteiger partial charge in [-0.15, -0.1) is 16.9 Å². The van der Waals surface area contributed by atoms with E-state index in [1.165, 1.54) is 35.5 Å². The van der Waals surface area contributed by atoms with Crippen molar-refractivity contribution >= 4 is 35.4 Å². The second-order valence-corrected chi connectivity index (χ2v) is 7.38. The van der Waals surface area contributed by atoms with Crippen molar-refractivity contribution in [1.29, 1.82) is 0 Å². The summed E-state index contributed by atoms with van der Waals surface area (Å²) in [6.45, 7) is 1.84. The van der Waals surface area contributed by atoms with Gasteiger partial charge in [-0.1, -0.05) is 11.8 Å². The third kappa shape index (κ3) is 2.41. The normalized spacial score (nSPS) is 28.4. The summed E-state index contributed by atoms with van der Waals surface area (Å²) >= 11 is 2.66. The number of ether oxygens (including phenoxy) is 1. The van der Waals surface area contributed by atoms with E-state index in [1.54, 1.807) is 0 Å². The van der Waals surface area contributed by atoms with Crippen LogP contribution in [0.5, 0.6) is 0 Å². The largest absolute Gasteiger partial charge is 0.477 e. The molecule has 2 aliphatic rings. The molecule has 2 aliphatic heterocycles. The molecular weight excluding hydrogens is 344 g/mol. The Morgan fingerprint density at radius 2 is 2.43 bits per heavy atom. The van der Waals surface area contributed by atoms with E-state index >= 15 is 0 Å². The van der Waals surface area contributed by atoms with Crippen LogP contribution >= 0.6 is 23.5 Å². The quantitative estimate of drug-likeness (QED) is 0.348. The fourth-order valence-electron chi connectivity index (χ4n) is 2.51. The predicted molar refractivity (Wildman–Crippen MR) is 81.2 cm³/mol. The third-order valence-electron chi connectivity index (χ3n) is 3.74. The molecule has 0 bridgehead atoms. The number of nitrogens with one attached hydrogen (secondary N) is 1. The number of nitrogens with two attached hydrogens (primary N) is 1. The first-order valence-corrected chi connectivity index (χ1v) is 8.49. The van der Waals surface area contributed by atoms with Crippen molar-refractivity contribution in [2.75, 3.05) is 12.9 Å². The maximum Gasteiger partial charge on any atom is 0.352 e. The van der Waals surface area contributed by atoms with Crippen LogP contribution < -0.4 is 5.73 Å². The van der Waals surface area contributed by atoms with Crippen molar-refractivity contribution in [3.05, 3.63) is 11.3 Å². The van der Waals surface area contributed by atoms with Crippen LogP contribution in [0.4, 0.5) is 0 Å². The number of rotatable bonds is 5. The average molecular weight is 358 g/mol. The molecule has 0 aromatic carbocycles. The maximum atomic E-state index is 12.3. The fraction of sp³-hybridized carbons (Fsp3) is 0.545. The number of tetrazole rings is 1. The summed E-state index contributed by atoms with van der Waals surface area (Å²) in [5.41, 5.74) is 5.02. The van der Waals surface area contributed by atoms with Gasteiger partial charge < -0.3 is 9.84 Å². The van der Waals surface area contributed by atoms with Gasteiger partial charge in [0.25, 0.3) is 5.91 Å². The average Bonchev–Trinajstić information content (AvgIpc) is 3.04. The first-order chi connectivity index (χ1) is 10.9. The first kappa shape index (κ1) is 16.2. The summed E-state index contributed by atoms with van der Waals surface area (Å²) < 4.78 is 5.08. The molecule has 23 heavy (non-hydrogen) atoms. The van der Waals surface area contributed by atoms with Gasteiger partial charge in [0.05, 0.1) is 0 Å². The molecule has 1 fully saturated rings. The maximum absolute atomic E-state index is 12.3. The Morgan fingerprint density at radius 3 is 3.00 bits per heavy atom. The molecule has 1 aromatic heterocycles. The van der Waals surface area contributed by atoms with E-state index in [1.807, 2.05) is 6.92 Å². The summed E-state index contributed by atoms with van der Waals surface area (Å²) in [6.07, 6.45) is 0. The molecular formula is C11H14N6O4S2. The highest BCUT2D eigenvalue weighted by atomic mass is 32.2. The highest BCUT2D eigenvalue weighted by molar-refractivity contribution is 8.01. The van der Waals surface area contributed by atoms with Gasteiger partial charge in [-0.2, -0.15) is 0 Å². The van der Waals surface area contributed by atoms with Crippen molar-refractivity contribution < 1.29 is 19.4 Å². The zero-order chi connectivity index (χ0) is 16.8. The third-order valence-corrected chi connectivity index (χ3v) is 6.13. The summed E-state index contributed by atoms with van der Waals surface area (Å²) in [7, 11) is 1.34. The Labute approximate surface area is 139 Å². The Kier molecular flexibility index (Phi) is 4.08. The summed E-state index contributed by atoms with van der Waals surface area (Å²) in [4.78, 5) is 25.2. The van der Waals surface area contributed by atoms with Gasteiger partial charge in [0.15, 0.2) is 0 Å². The van der Waals surface area contributed by atoms with Gasteiger partial charge in [-0.05, 0) is 22.9 Å². The van der Waals surface area contributed by atoms with E-state index in [-0.39, 0.29) is 10.9 Å². The number of fused-ring (bicyclic) bond motifs is 1. The van der Waals surface area contributed by atoms with E-state index in [2.05, 4.69) is 20.6 Å². The van der Waals surface area contributed by atoms with E-state index in [0.717, 1.165) is 0 Å². The van der Waals surface area contributed by atoms with E-state index in [9.17, 15) is 14.7 Å². The second-order valence-electron chi connectivity index (χ2n) is 4.98. The number of H-pyrrole nitrogens is 1. The lowest BCUT2D eigenvalue weighted by Gasteiger charge is -2.54. The Morgan fingerprint density at radius 1 is 1.70 bits per heavy atom. The van der Waals surface area contributed by atoms with Crippen LogP contribution in [-0.2, 0) is 14.3 Å². The number of carboxylic acid groups (broad SMARTS) is 1.